The van der Waals surface area contributed by atoms with E-state index in [1.54, 1.807) is 0 Å². The third kappa shape index (κ3) is 2.50. The molecule has 0 aromatic heterocycles. The van der Waals surface area contributed by atoms with Crippen molar-refractivity contribution in [2.24, 2.45) is 0 Å². The molecule has 0 bridgehead atoms. The molecule has 116 valence electrons. The van der Waals surface area contributed by atoms with E-state index in [0.29, 0.717) is 0 Å². The van der Waals surface area contributed by atoms with E-state index in [-0.39, 0.29) is 12.1 Å². The van der Waals surface area contributed by atoms with Crippen LogP contribution < -0.4 is 11.1 Å². The van der Waals surface area contributed by atoms with Crippen LogP contribution in [0.3, 0.4) is 0 Å². The van der Waals surface area contributed by atoms with Gasteiger partial charge in [-0.05, 0) is 30.0 Å². The van der Waals surface area contributed by atoms with Crippen LogP contribution in [0.2, 0.25) is 0 Å². The minimum atomic E-state index is -3.84. The highest BCUT2D eigenvalue weighted by molar-refractivity contribution is 7.79. The summed E-state index contributed by atoms with van der Waals surface area (Å²) in [4.78, 5) is 0. The Morgan fingerprint density at radius 3 is 2.62 bits per heavy atom. The van der Waals surface area contributed by atoms with Gasteiger partial charge in [0.15, 0.2) is 5.54 Å². The predicted octanol–water partition coefficient (Wildman–Crippen LogP) is 3.26. The van der Waals surface area contributed by atoms with Crippen molar-refractivity contribution < 1.29 is 22.0 Å². The molecule has 2 nitrogen and oxygen atoms in total. The van der Waals surface area contributed by atoms with Crippen molar-refractivity contribution in [1.29, 1.82) is 0 Å². The SMILES string of the molecule is Nc1ccc(F)c([C@@]2(C(F)F)NC(C=S)CCC2(F)F)c1. The van der Waals surface area contributed by atoms with Crippen LogP contribution in [-0.2, 0) is 5.54 Å². The number of rotatable bonds is 3. The van der Waals surface area contributed by atoms with Gasteiger partial charge in [0.05, 0.1) is 0 Å². The van der Waals surface area contributed by atoms with E-state index in [9.17, 15) is 22.0 Å². The maximum absolute atomic E-state index is 14.3. The van der Waals surface area contributed by atoms with Gasteiger partial charge in [-0.1, -0.05) is 12.2 Å². The van der Waals surface area contributed by atoms with Gasteiger partial charge in [0.25, 0.3) is 12.3 Å². The van der Waals surface area contributed by atoms with E-state index in [0.717, 1.165) is 23.6 Å². The summed E-state index contributed by atoms with van der Waals surface area (Å²) in [6.07, 6.45) is -4.47. The Morgan fingerprint density at radius 1 is 1.38 bits per heavy atom. The fourth-order valence-electron chi connectivity index (χ4n) is 2.57. The number of hydrogen-bond acceptors (Lipinski definition) is 3. The Kier molecular flexibility index (Phi) is 4.21. The summed E-state index contributed by atoms with van der Waals surface area (Å²) in [5.41, 5.74) is 1.37. The number of benzene rings is 1. The first-order valence-corrected chi connectivity index (χ1v) is 6.66. The molecule has 1 aliphatic rings. The molecule has 1 aliphatic heterocycles. The summed E-state index contributed by atoms with van der Waals surface area (Å²) < 4.78 is 69.7. The first-order chi connectivity index (χ1) is 9.74. The van der Waals surface area contributed by atoms with Gasteiger partial charge in [0.1, 0.15) is 5.82 Å². The number of alkyl halides is 4. The van der Waals surface area contributed by atoms with Crippen molar-refractivity contribution in [1.82, 2.24) is 5.32 Å². The van der Waals surface area contributed by atoms with Gasteiger partial charge in [-0.25, -0.2) is 22.0 Å². The van der Waals surface area contributed by atoms with Crippen LogP contribution in [0.1, 0.15) is 18.4 Å². The van der Waals surface area contributed by atoms with Crippen molar-refractivity contribution in [2.45, 2.75) is 36.8 Å². The van der Waals surface area contributed by atoms with Gasteiger partial charge in [-0.3, -0.25) is 5.32 Å². The number of hydrogen-bond donors (Lipinski definition) is 2. The van der Waals surface area contributed by atoms with Crippen molar-refractivity contribution in [2.75, 3.05) is 5.73 Å². The highest BCUT2D eigenvalue weighted by atomic mass is 32.1. The van der Waals surface area contributed by atoms with E-state index in [1.165, 1.54) is 0 Å². The van der Waals surface area contributed by atoms with Crippen molar-refractivity contribution in [3.05, 3.63) is 29.6 Å². The molecule has 0 saturated carbocycles. The zero-order valence-corrected chi connectivity index (χ0v) is 11.6. The molecule has 3 N–H and O–H groups in total. The third-order valence-corrected chi connectivity index (χ3v) is 3.99. The normalized spacial score (nSPS) is 28.6. The molecule has 1 unspecified atom stereocenters. The van der Waals surface area contributed by atoms with Crippen LogP contribution in [-0.4, -0.2) is 23.8 Å². The molecule has 1 saturated heterocycles. The lowest BCUT2D eigenvalue weighted by Gasteiger charge is -2.46. The standard InChI is InChI=1S/C13H13F5N2S/c14-10-2-1-7(19)5-9(10)13(11(15)16)12(17,18)4-3-8(6-21)20-13/h1-2,5-6,8,11,20H,3-4,19H2/t8?,13-/m0/s1. The molecule has 1 fully saturated rings. The molecular weight excluding hydrogens is 311 g/mol. The Labute approximate surface area is 123 Å². The minimum absolute atomic E-state index is 0.0755. The number of piperidine rings is 1. The fourth-order valence-corrected chi connectivity index (χ4v) is 2.77. The summed E-state index contributed by atoms with van der Waals surface area (Å²) in [6.45, 7) is 0. The quantitative estimate of drug-likeness (QED) is 0.509. The van der Waals surface area contributed by atoms with Crippen LogP contribution in [0.15, 0.2) is 18.2 Å². The van der Waals surface area contributed by atoms with Gasteiger partial charge in [-0.2, -0.15) is 0 Å². The Hall–Kier alpha value is -1.28. The second-order valence-electron chi connectivity index (χ2n) is 4.98. The molecule has 1 aromatic rings. The molecule has 0 spiro atoms. The Balaban J connectivity index is 2.67. The highest BCUT2D eigenvalue weighted by Crippen LogP contribution is 2.49. The number of nitrogen functional groups attached to an aromatic ring is 1. The predicted molar refractivity (Wildman–Crippen MR) is 73.3 cm³/mol. The summed E-state index contributed by atoms with van der Waals surface area (Å²) >= 11 is 4.65. The van der Waals surface area contributed by atoms with Gasteiger partial charge in [0.2, 0.25) is 0 Å². The summed E-state index contributed by atoms with van der Waals surface area (Å²) in [5.74, 6) is -5.01. The minimum Gasteiger partial charge on any atom is -0.399 e. The first-order valence-electron chi connectivity index (χ1n) is 6.19. The summed E-state index contributed by atoms with van der Waals surface area (Å²) in [6, 6.07) is 1.90. The zero-order valence-electron chi connectivity index (χ0n) is 10.8. The molecule has 2 rings (SSSR count). The Morgan fingerprint density at radius 2 is 2.05 bits per heavy atom. The van der Waals surface area contributed by atoms with Gasteiger partial charge in [-0.15, -0.1) is 0 Å². The molecular formula is C13H13F5N2S. The van der Waals surface area contributed by atoms with Crippen molar-refractivity contribution in [3.63, 3.8) is 0 Å². The summed E-state index contributed by atoms with van der Waals surface area (Å²) in [5, 5.41) is 3.23. The van der Waals surface area contributed by atoms with Crippen LogP contribution in [0.5, 0.6) is 0 Å². The number of nitrogens with one attached hydrogen (secondary N) is 1. The molecule has 1 aromatic carbocycles. The van der Waals surface area contributed by atoms with Crippen LogP contribution >= 0.6 is 12.2 Å². The maximum Gasteiger partial charge on any atom is 0.275 e. The van der Waals surface area contributed by atoms with E-state index >= 15 is 0 Å². The maximum atomic E-state index is 14.3. The molecule has 0 amide bonds. The number of anilines is 1. The zero-order chi connectivity index (χ0) is 15.8. The second-order valence-corrected chi connectivity index (χ2v) is 5.25. The van der Waals surface area contributed by atoms with Crippen LogP contribution in [0.25, 0.3) is 0 Å². The van der Waals surface area contributed by atoms with E-state index in [2.05, 4.69) is 17.5 Å². The highest BCUT2D eigenvalue weighted by Gasteiger charge is 2.64. The molecule has 0 radical (unpaired) electrons. The fraction of sp³-hybridized carbons (Fsp3) is 0.462. The lowest BCUT2D eigenvalue weighted by atomic mass is 9.77. The lowest BCUT2D eigenvalue weighted by Crippen LogP contribution is -2.67. The smallest absolute Gasteiger partial charge is 0.275 e. The van der Waals surface area contributed by atoms with Crippen LogP contribution in [0, 0.1) is 5.82 Å². The molecule has 21 heavy (non-hydrogen) atoms. The third-order valence-electron chi connectivity index (χ3n) is 3.67. The molecule has 0 aliphatic carbocycles. The average molecular weight is 324 g/mol. The first kappa shape index (κ1) is 16.1. The lowest BCUT2D eigenvalue weighted by molar-refractivity contribution is -0.177. The molecule has 1 heterocycles. The van der Waals surface area contributed by atoms with E-state index in [1.807, 2.05) is 0 Å². The topological polar surface area (TPSA) is 38.0 Å². The number of thiocarbonyl (C=S) groups is 1. The van der Waals surface area contributed by atoms with E-state index < -0.39 is 41.7 Å². The van der Waals surface area contributed by atoms with Gasteiger partial charge >= 0.3 is 0 Å². The number of nitrogens with two attached hydrogens (primary N) is 1. The number of halogens is 5. The summed E-state index contributed by atoms with van der Waals surface area (Å²) in [7, 11) is 0. The Bertz CT molecular complexity index is 551. The van der Waals surface area contributed by atoms with Crippen molar-refractivity contribution in [3.8, 4) is 0 Å². The molecule has 8 heteroatoms. The van der Waals surface area contributed by atoms with Gasteiger partial charge < -0.3 is 5.73 Å². The second kappa shape index (κ2) is 5.49. The largest absolute Gasteiger partial charge is 0.399 e. The van der Waals surface area contributed by atoms with Crippen molar-refractivity contribution >= 4 is 23.3 Å². The molecule has 2 atom stereocenters. The van der Waals surface area contributed by atoms with Gasteiger partial charge in [0, 0.05) is 23.7 Å². The average Bonchev–Trinajstić information content (AvgIpc) is 2.41. The monoisotopic (exact) mass is 324 g/mol. The van der Waals surface area contributed by atoms with Crippen LogP contribution in [0.4, 0.5) is 27.6 Å². The van der Waals surface area contributed by atoms with E-state index in [4.69, 9.17) is 5.73 Å².